The average molecular weight is 223 g/mol. The molecule has 1 aromatic rings. The summed E-state index contributed by atoms with van der Waals surface area (Å²) in [6.07, 6.45) is 0.889. The minimum Gasteiger partial charge on any atom is -0.381 e. The fourth-order valence-electron chi connectivity index (χ4n) is 1.88. The van der Waals surface area contributed by atoms with Crippen molar-refractivity contribution in [3.8, 4) is 0 Å². The van der Waals surface area contributed by atoms with E-state index in [9.17, 15) is 9.18 Å². The van der Waals surface area contributed by atoms with Crippen molar-refractivity contribution in [3.63, 3.8) is 0 Å². The van der Waals surface area contributed by atoms with Crippen molar-refractivity contribution in [3.05, 3.63) is 35.6 Å². The van der Waals surface area contributed by atoms with Crippen LogP contribution in [-0.4, -0.2) is 24.5 Å². The van der Waals surface area contributed by atoms with Crippen LogP contribution in [0.25, 0.3) is 0 Å². The predicted octanol–water partition coefficient (Wildman–Crippen LogP) is 1.52. The highest BCUT2D eigenvalue weighted by molar-refractivity contribution is 6.03. The molecule has 0 aromatic heterocycles. The number of rotatable bonds is 2. The SMILES string of the molecule is NC1(C(=O)c2ccccc2F)CCOCC1. The lowest BCUT2D eigenvalue weighted by Gasteiger charge is -2.31. The molecule has 2 N–H and O–H groups in total. The van der Waals surface area contributed by atoms with E-state index in [1.807, 2.05) is 0 Å². The minimum atomic E-state index is -0.972. The summed E-state index contributed by atoms with van der Waals surface area (Å²) in [7, 11) is 0. The van der Waals surface area contributed by atoms with Crippen LogP contribution in [0.5, 0.6) is 0 Å². The van der Waals surface area contributed by atoms with Crippen LogP contribution >= 0.6 is 0 Å². The van der Waals surface area contributed by atoms with Gasteiger partial charge in [0.15, 0.2) is 5.78 Å². The molecule has 0 aliphatic carbocycles. The molecule has 16 heavy (non-hydrogen) atoms. The number of ketones is 1. The molecule has 0 saturated carbocycles. The summed E-state index contributed by atoms with van der Waals surface area (Å²) in [4.78, 5) is 12.1. The maximum atomic E-state index is 13.5. The zero-order chi connectivity index (χ0) is 11.6. The Morgan fingerprint density at radius 3 is 2.56 bits per heavy atom. The molecule has 3 nitrogen and oxygen atoms in total. The molecule has 0 amide bonds. The van der Waals surface area contributed by atoms with Crippen molar-refractivity contribution in [2.24, 2.45) is 5.73 Å². The highest BCUT2D eigenvalue weighted by Gasteiger charge is 2.37. The Morgan fingerprint density at radius 2 is 1.94 bits per heavy atom. The third kappa shape index (κ3) is 1.99. The first-order chi connectivity index (χ1) is 7.63. The molecule has 1 aliphatic rings. The molecule has 1 fully saturated rings. The standard InChI is InChI=1S/C12H14FNO2/c13-10-4-2-1-3-9(10)11(15)12(14)5-7-16-8-6-12/h1-4H,5-8,14H2. The Balaban J connectivity index is 2.28. The van der Waals surface area contributed by atoms with Crippen LogP contribution in [0, 0.1) is 5.82 Å². The third-order valence-corrected chi connectivity index (χ3v) is 2.96. The molecule has 86 valence electrons. The van der Waals surface area contributed by atoms with Crippen molar-refractivity contribution >= 4 is 5.78 Å². The summed E-state index contributed by atoms with van der Waals surface area (Å²) in [5, 5.41) is 0. The van der Waals surface area contributed by atoms with Crippen LogP contribution in [0.4, 0.5) is 4.39 Å². The van der Waals surface area contributed by atoms with E-state index in [-0.39, 0.29) is 11.3 Å². The molecule has 4 heteroatoms. The fourth-order valence-corrected chi connectivity index (χ4v) is 1.88. The number of carbonyl (C=O) groups excluding carboxylic acids is 1. The van der Waals surface area contributed by atoms with Gasteiger partial charge in [0.05, 0.1) is 11.1 Å². The molecule has 0 unspecified atom stereocenters. The minimum absolute atomic E-state index is 0.0758. The molecule has 1 aromatic carbocycles. The van der Waals surface area contributed by atoms with E-state index in [4.69, 9.17) is 10.5 Å². The second kappa shape index (κ2) is 4.31. The van der Waals surface area contributed by atoms with E-state index < -0.39 is 11.4 Å². The maximum Gasteiger partial charge on any atom is 0.185 e. The average Bonchev–Trinajstić information content (AvgIpc) is 2.30. The van der Waals surface area contributed by atoms with Crippen LogP contribution < -0.4 is 5.73 Å². The number of halogens is 1. The van der Waals surface area contributed by atoms with Crippen LogP contribution in [-0.2, 0) is 4.74 Å². The van der Waals surface area contributed by atoms with Crippen LogP contribution in [0.1, 0.15) is 23.2 Å². The highest BCUT2D eigenvalue weighted by atomic mass is 19.1. The molecule has 0 bridgehead atoms. The van der Waals surface area contributed by atoms with Gasteiger partial charge in [0, 0.05) is 13.2 Å². The summed E-state index contributed by atoms with van der Waals surface area (Å²) < 4.78 is 18.6. The third-order valence-electron chi connectivity index (χ3n) is 2.96. The first kappa shape index (κ1) is 11.2. The van der Waals surface area contributed by atoms with E-state index in [1.54, 1.807) is 12.1 Å². The van der Waals surface area contributed by atoms with Gasteiger partial charge >= 0.3 is 0 Å². The van der Waals surface area contributed by atoms with Gasteiger partial charge in [-0.15, -0.1) is 0 Å². The summed E-state index contributed by atoms with van der Waals surface area (Å²) in [6.45, 7) is 0.910. The second-order valence-electron chi connectivity index (χ2n) is 4.08. The van der Waals surface area contributed by atoms with Crippen LogP contribution in [0.2, 0.25) is 0 Å². The topological polar surface area (TPSA) is 52.3 Å². The van der Waals surface area contributed by atoms with Crippen LogP contribution in [0.15, 0.2) is 24.3 Å². The summed E-state index contributed by atoms with van der Waals surface area (Å²) in [5.74, 6) is -0.835. The number of nitrogens with two attached hydrogens (primary N) is 1. The molecule has 2 rings (SSSR count). The van der Waals surface area contributed by atoms with Crippen LogP contribution in [0.3, 0.4) is 0 Å². The van der Waals surface area contributed by atoms with E-state index >= 15 is 0 Å². The Labute approximate surface area is 93.4 Å². The zero-order valence-corrected chi connectivity index (χ0v) is 8.91. The van der Waals surface area contributed by atoms with Crippen molar-refractivity contribution in [2.75, 3.05) is 13.2 Å². The van der Waals surface area contributed by atoms with Gasteiger partial charge < -0.3 is 10.5 Å². The van der Waals surface area contributed by atoms with Crippen molar-refractivity contribution in [1.82, 2.24) is 0 Å². The number of carbonyl (C=O) groups is 1. The second-order valence-corrected chi connectivity index (χ2v) is 4.08. The van der Waals surface area contributed by atoms with Gasteiger partial charge in [-0.2, -0.15) is 0 Å². The molecular weight excluding hydrogens is 209 g/mol. The zero-order valence-electron chi connectivity index (χ0n) is 8.91. The Kier molecular flexibility index (Phi) is 3.03. The molecule has 0 spiro atoms. The molecule has 1 saturated heterocycles. The van der Waals surface area contributed by atoms with Gasteiger partial charge in [0.2, 0.25) is 0 Å². The first-order valence-electron chi connectivity index (χ1n) is 5.29. The lowest BCUT2D eigenvalue weighted by atomic mass is 9.83. The number of Topliss-reactive ketones (excluding diaryl/α,β-unsaturated/α-hetero) is 1. The van der Waals surface area contributed by atoms with Gasteiger partial charge in [-0.05, 0) is 25.0 Å². The largest absolute Gasteiger partial charge is 0.381 e. The van der Waals surface area contributed by atoms with E-state index in [0.29, 0.717) is 26.1 Å². The fraction of sp³-hybridized carbons (Fsp3) is 0.417. The highest BCUT2D eigenvalue weighted by Crippen LogP contribution is 2.23. The summed E-state index contributed by atoms with van der Waals surface area (Å²) in [6, 6.07) is 5.94. The Hall–Kier alpha value is -1.26. The molecule has 1 heterocycles. The maximum absolute atomic E-state index is 13.5. The van der Waals surface area contributed by atoms with E-state index in [2.05, 4.69) is 0 Å². The van der Waals surface area contributed by atoms with Crippen molar-refractivity contribution in [1.29, 1.82) is 0 Å². The van der Waals surface area contributed by atoms with Crippen molar-refractivity contribution < 1.29 is 13.9 Å². The Morgan fingerprint density at radius 1 is 1.31 bits per heavy atom. The van der Waals surface area contributed by atoms with E-state index in [1.165, 1.54) is 12.1 Å². The normalized spacial score (nSPS) is 19.4. The number of hydrogen-bond acceptors (Lipinski definition) is 3. The summed E-state index contributed by atoms with van der Waals surface area (Å²) in [5.41, 5.74) is 5.11. The van der Waals surface area contributed by atoms with Gasteiger partial charge in [0.1, 0.15) is 5.82 Å². The summed E-state index contributed by atoms with van der Waals surface area (Å²) >= 11 is 0. The molecule has 1 aliphatic heterocycles. The molecule has 0 radical (unpaired) electrons. The quantitative estimate of drug-likeness (QED) is 0.773. The lowest BCUT2D eigenvalue weighted by molar-refractivity contribution is 0.0445. The van der Waals surface area contributed by atoms with Gasteiger partial charge in [-0.25, -0.2) is 4.39 Å². The molecular formula is C12H14FNO2. The number of hydrogen-bond donors (Lipinski definition) is 1. The smallest absolute Gasteiger partial charge is 0.185 e. The van der Waals surface area contributed by atoms with E-state index in [0.717, 1.165) is 0 Å². The van der Waals surface area contributed by atoms with Gasteiger partial charge in [-0.1, -0.05) is 12.1 Å². The number of benzene rings is 1. The Bertz CT molecular complexity index is 400. The predicted molar refractivity (Wildman–Crippen MR) is 57.7 cm³/mol. The molecule has 0 atom stereocenters. The van der Waals surface area contributed by atoms with Gasteiger partial charge in [0.25, 0.3) is 0 Å². The number of ether oxygens (including phenoxy) is 1. The first-order valence-corrected chi connectivity index (χ1v) is 5.29. The monoisotopic (exact) mass is 223 g/mol. The van der Waals surface area contributed by atoms with Gasteiger partial charge in [-0.3, -0.25) is 4.79 Å². The van der Waals surface area contributed by atoms with Crippen molar-refractivity contribution in [2.45, 2.75) is 18.4 Å². The lowest BCUT2D eigenvalue weighted by Crippen LogP contribution is -2.52.